The zero-order valence-electron chi connectivity index (χ0n) is 12.9. The zero-order chi connectivity index (χ0) is 15.2. The average molecular weight is 310 g/mol. The summed E-state index contributed by atoms with van der Waals surface area (Å²) in [6.07, 6.45) is 0. The SMILES string of the molecule is CC(C)c1sc2c(C(C)C)c(C(=O)O)sc2c1C(C)C. The minimum Gasteiger partial charge on any atom is -0.477 e. The predicted octanol–water partition coefficient (Wildman–Crippen LogP) is 6.03. The van der Waals surface area contributed by atoms with Crippen LogP contribution in [0.3, 0.4) is 0 Å². The molecule has 0 aromatic carbocycles. The summed E-state index contributed by atoms with van der Waals surface area (Å²) in [5, 5.41) is 9.46. The molecule has 0 aliphatic carbocycles. The maximum atomic E-state index is 11.5. The van der Waals surface area contributed by atoms with Gasteiger partial charge in [-0.15, -0.1) is 22.7 Å². The largest absolute Gasteiger partial charge is 0.477 e. The van der Waals surface area contributed by atoms with Crippen LogP contribution in [0.25, 0.3) is 9.40 Å². The molecule has 0 amide bonds. The molecular formula is C16H22O2S2. The Morgan fingerprint density at radius 1 is 0.850 bits per heavy atom. The van der Waals surface area contributed by atoms with Crippen molar-refractivity contribution in [1.29, 1.82) is 0 Å². The lowest BCUT2D eigenvalue weighted by atomic mass is 9.97. The van der Waals surface area contributed by atoms with Gasteiger partial charge in [-0.3, -0.25) is 0 Å². The number of carboxylic acid groups (broad SMARTS) is 1. The van der Waals surface area contributed by atoms with Gasteiger partial charge in [-0.05, 0) is 28.9 Å². The summed E-state index contributed by atoms with van der Waals surface area (Å²) in [6.45, 7) is 13.0. The molecule has 0 aliphatic heterocycles. The molecule has 2 heterocycles. The second-order valence-electron chi connectivity index (χ2n) is 6.15. The van der Waals surface area contributed by atoms with Crippen molar-refractivity contribution >= 4 is 38.0 Å². The third-order valence-electron chi connectivity index (χ3n) is 3.50. The van der Waals surface area contributed by atoms with Crippen molar-refractivity contribution < 1.29 is 9.90 Å². The molecular weight excluding hydrogens is 288 g/mol. The van der Waals surface area contributed by atoms with Gasteiger partial charge in [0, 0.05) is 14.3 Å². The molecule has 2 rings (SSSR count). The molecule has 2 aromatic heterocycles. The van der Waals surface area contributed by atoms with Crippen LogP contribution in [0.2, 0.25) is 0 Å². The maximum Gasteiger partial charge on any atom is 0.346 e. The Balaban J connectivity index is 2.85. The molecule has 0 saturated heterocycles. The highest BCUT2D eigenvalue weighted by atomic mass is 32.1. The van der Waals surface area contributed by atoms with E-state index in [2.05, 4.69) is 41.5 Å². The highest BCUT2D eigenvalue weighted by Gasteiger charge is 2.27. The first-order chi connectivity index (χ1) is 9.25. The number of thiophene rings is 2. The van der Waals surface area contributed by atoms with Crippen molar-refractivity contribution in [3.05, 3.63) is 20.9 Å². The quantitative estimate of drug-likeness (QED) is 0.748. The molecule has 2 aromatic rings. The number of hydrogen-bond donors (Lipinski definition) is 1. The van der Waals surface area contributed by atoms with E-state index in [0.717, 1.165) is 5.56 Å². The van der Waals surface area contributed by atoms with Crippen molar-refractivity contribution in [3.8, 4) is 0 Å². The molecule has 0 fully saturated rings. The van der Waals surface area contributed by atoms with Gasteiger partial charge in [0.2, 0.25) is 0 Å². The van der Waals surface area contributed by atoms with Crippen molar-refractivity contribution in [2.75, 3.05) is 0 Å². The number of hydrogen-bond acceptors (Lipinski definition) is 3. The molecule has 0 bridgehead atoms. The van der Waals surface area contributed by atoms with E-state index in [1.807, 2.05) is 0 Å². The lowest BCUT2D eigenvalue weighted by Gasteiger charge is -2.10. The van der Waals surface area contributed by atoms with Crippen molar-refractivity contribution in [2.24, 2.45) is 0 Å². The Hall–Kier alpha value is -0.870. The van der Waals surface area contributed by atoms with Crippen molar-refractivity contribution in [3.63, 3.8) is 0 Å². The third kappa shape index (κ3) is 2.40. The molecule has 0 spiro atoms. The van der Waals surface area contributed by atoms with E-state index in [-0.39, 0.29) is 5.92 Å². The van der Waals surface area contributed by atoms with Crippen LogP contribution in [0.4, 0.5) is 0 Å². The molecule has 0 atom stereocenters. The minimum atomic E-state index is -0.789. The number of rotatable bonds is 4. The van der Waals surface area contributed by atoms with E-state index in [4.69, 9.17) is 0 Å². The summed E-state index contributed by atoms with van der Waals surface area (Å²) < 4.78 is 2.41. The Bertz CT molecular complexity index is 645. The van der Waals surface area contributed by atoms with Gasteiger partial charge >= 0.3 is 5.97 Å². The molecule has 20 heavy (non-hydrogen) atoms. The van der Waals surface area contributed by atoms with E-state index in [0.29, 0.717) is 16.7 Å². The molecule has 0 saturated carbocycles. The Morgan fingerprint density at radius 2 is 1.35 bits per heavy atom. The predicted molar refractivity (Wildman–Crippen MR) is 88.9 cm³/mol. The number of carboxylic acids is 1. The first-order valence-electron chi connectivity index (χ1n) is 7.07. The van der Waals surface area contributed by atoms with Gasteiger partial charge in [0.1, 0.15) is 4.88 Å². The number of aromatic carboxylic acids is 1. The van der Waals surface area contributed by atoms with Crippen LogP contribution in [-0.4, -0.2) is 11.1 Å². The van der Waals surface area contributed by atoms with E-state index < -0.39 is 5.97 Å². The van der Waals surface area contributed by atoms with Crippen LogP contribution in [0.5, 0.6) is 0 Å². The fourth-order valence-electron chi connectivity index (χ4n) is 2.64. The normalized spacial score (nSPS) is 12.2. The topological polar surface area (TPSA) is 37.3 Å². The van der Waals surface area contributed by atoms with Crippen LogP contribution >= 0.6 is 22.7 Å². The summed E-state index contributed by atoms with van der Waals surface area (Å²) in [5.41, 5.74) is 2.38. The Kier molecular flexibility index (Phi) is 4.26. The first kappa shape index (κ1) is 15.5. The molecule has 0 radical (unpaired) electrons. The van der Waals surface area contributed by atoms with Gasteiger partial charge in [0.15, 0.2) is 0 Å². The van der Waals surface area contributed by atoms with Crippen molar-refractivity contribution in [2.45, 2.75) is 59.3 Å². The summed E-state index contributed by atoms with van der Waals surface area (Å²) in [5.74, 6) is 0.378. The van der Waals surface area contributed by atoms with Crippen LogP contribution in [0.1, 0.15) is 85.0 Å². The second kappa shape index (κ2) is 5.49. The monoisotopic (exact) mass is 310 g/mol. The number of carbonyl (C=O) groups is 1. The van der Waals surface area contributed by atoms with E-state index >= 15 is 0 Å². The van der Waals surface area contributed by atoms with Gasteiger partial charge in [0.05, 0.1) is 0 Å². The molecule has 4 heteroatoms. The van der Waals surface area contributed by atoms with Crippen LogP contribution in [0, 0.1) is 0 Å². The van der Waals surface area contributed by atoms with Gasteiger partial charge < -0.3 is 5.11 Å². The lowest BCUT2D eigenvalue weighted by Crippen LogP contribution is -1.99. The van der Waals surface area contributed by atoms with Crippen molar-refractivity contribution in [1.82, 2.24) is 0 Å². The summed E-state index contributed by atoms with van der Waals surface area (Å²) in [7, 11) is 0. The highest BCUT2D eigenvalue weighted by Crippen LogP contribution is 2.48. The summed E-state index contributed by atoms with van der Waals surface area (Å²) in [6, 6.07) is 0. The average Bonchev–Trinajstić information content (AvgIpc) is 2.81. The molecule has 0 aliphatic rings. The third-order valence-corrected chi connectivity index (χ3v) is 6.39. The fraction of sp³-hybridized carbons (Fsp3) is 0.562. The molecule has 110 valence electrons. The Morgan fingerprint density at radius 3 is 1.75 bits per heavy atom. The first-order valence-corrected chi connectivity index (χ1v) is 8.71. The highest BCUT2D eigenvalue weighted by molar-refractivity contribution is 7.29. The Labute approximate surface area is 128 Å². The summed E-state index contributed by atoms with van der Waals surface area (Å²) >= 11 is 3.26. The van der Waals surface area contributed by atoms with E-state index in [1.54, 1.807) is 11.3 Å². The second-order valence-corrected chi connectivity index (χ2v) is 8.23. The van der Waals surface area contributed by atoms with Crippen LogP contribution in [-0.2, 0) is 0 Å². The summed E-state index contributed by atoms with van der Waals surface area (Å²) in [4.78, 5) is 13.5. The molecule has 1 N–H and O–H groups in total. The van der Waals surface area contributed by atoms with Gasteiger partial charge in [-0.2, -0.15) is 0 Å². The minimum absolute atomic E-state index is 0.244. The van der Waals surface area contributed by atoms with Gasteiger partial charge in [0.25, 0.3) is 0 Å². The number of fused-ring (bicyclic) bond motifs is 1. The maximum absolute atomic E-state index is 11.5. The van der Waals surface area contributed by atoms with Crippen LogP contribution < -0.4 is 0 Å². The van der Waals surface area contributed by atoms with E-state index in [1.165, 1.54) is 31.2 Å². The smallest absolute Gasteiger partial charge is 0.346 e. The fourth-order valence-corrected chi connectivity index (χ4v) is 5.97. The molecule has 0 unspecified atom stereocenters. The van der Waals surface area contributed by atoms with Crippen LogP contribution in [0.15, 0.2) is 0 Å². The zero-order valence-corrected chi connectivity index (χ0v) is 14.5. The standard InChI is InChI=1S/C16H22O2S2/c1-7(2)10-12(9(5)6)19-14-11(8(3)4)15(16(17)18)20-13(10)14/h7-9H,1-6H3,(H,17,18). The van der Waals surface area contributed by atoms with Gasteiger partial charge in [-0.1, -0.05) is 41.5 Å². The molecule has 2 nitrogen and oxygen atoms in total. The lowest BCUT2D eigenvalue weighted by molar-refractivity contribution is 0.0701. The van der Waals surface area contributed by atoms with E-state index in [9.17, 15) is 9.90 Å². The van der Waals surface area contributed by atoms with Gasteiger partial charge in [-0.25, -0.2) is 4.79 Å².